The molecule has 0 aromatic carbocycles. The molecular weight excluding hydrogens is 216 g/mol. The van der Waals surface area contributed by atoms with Crippen LogP contribution in [0.5, 0.6) is 5.75 Å². The Labute approximate surface area is 102 Å². The molecule has 2 unspecified atom stereocenters. The van der Waals surface area contributed by atoms with Crippen LogP contribution in [-0.4, -0.2) is 24.8 Å². The Bertz CT molecular complexity index is 351. The van der Waals surface area contributed by atoms with E-state index in [1.54, 1.807) is 13.3 Å². The predicted molar refractivity (Wildman–Crippen MR) is 65.9 cm³/mol. The molecule has 1 aliphatic heterocycles. The summed E-state index contributed by atoms with van der Waals surface area (Å²) in [4.78, 5) is 4.12. The predicted octanol–water partition coefficient (Wildman–Crippen LogP) is 2.05. The van der Waals surface area contributed by atoms with Crippen LogP contribution in [0.2, 0.25) is 0 Å². The van der Waals surface area contributed by atoms with Crippen LogP contribution >= 0.6 is 0 Å². The van der Waals surface area contributed by atoms with Crippen molar-refractivity contribution in [3.8, 4) is 5.75 Å². The summed E-state index contributed by atoms with van der Waals surface area (Å²) in [5.74, 6) is 0.759. The second-order valence-electron chi connectivity index (χ2n) is 4.48. The Balaban J connectivity index is 1.87. The van der Waals surface area contributed by atoms with Gasteiger partial charge in [0.15, 0.2) is 0 Å². The van der Waals surface area contributed by atoms with E-state index in [-0.39, 0.29) is 6.04 Å². The summed E-state index contributed by atoms with van der Waals surface area (Å²) < 4.78 is 10.7. The van der Waals surface area contributed by atoms with Crippen molar-refractivity contribution < 1.29 is 9.47 Å². The first-order chi connectivity index (χ1) is 8.29. The fourth-order valence-corrected chi connectivity index (χ4v) is 2.15. The summed E-state index contributed by atoms with van der Waals surface area (Å²) in [5, 5.41) is 0. The molecule has 94 valence electrons. The van der Waals surface area contributed by atoms with E-state index in [2.05, 4.69) is 4.98 Å². The zero-order valence-electron chi connectivity index (χ0n) is 10.3. The number of nitrogens with two attached hydrogens (primary N) is 1. The SMILES string of the molecule is COc1cncc(C(N)CCC2CCCO2)c1. The van der Waals surface area contributed by atoms with Gasteiger partial charge in [0, 0.05) is 18.8 Å². The topological polar surface area (TPSA) is 57.4 Å². The third kappa shape index (κ3) is 3.41. The van der Waals surface area contributed by atoms with Crippen LogP contribution < -0.4 is 10.5 Å². The number of methoxy groups -OCH3 is 1. The van der Waals surface area contributed by atoms with Crippen molar-refractivity contribution in [2.75, 3.05) is 13.7 Å². The lowest BCUT2D eigenvalue weighted by Gasteiger charge is -2.15. The Morgan fingerprint density at radius 1 is 1.59 bits per heavy atom. The van der Waals surface area contributed by atoms with Gasteiger partial charge in [0.05, 0.1) is 19.4 Å². The highest BCUT2D eigenvalue weighted by molar-refractivity contribution is 5.25. The number of rotatable bonds is 5. The Hall–Kier alpha value is -1.13. The molecule has 0 aliphatic carbocycles. The third-order valence-electron chi connectivity index (χ3n) is 3.22. The highest BCUT2D eigenvalue weighted by Gasteiger charge is 2.17. The molecular formula is C13H20N2O2. The number of pyridine rings is 1. The van der Waals surface area contributed by atoms with E-state index >= 15 is 0 Å². The molecule has 2 N–H and O–H groups in total. The molecule has 0 bridgehead atoms. The van der Waals surface area contributed by atoms with Crippen LogP contribution in [0.15, 0.2) is 18.5 Å². The maximum atomic E-state index is 6.15. The van der Waals surface area contributed by atoms with Gasteiger partial charge in [-0.25, -0.2) is 0 Å². The van der Waals surface area contributed by atoms with E-state index in [1.165, 1.54) is 12.8 Å². The van der Waals surface area contributed by atoms with Crippen LogP contribution in [0.25, 0.3) is 0 Å². The van der Waals surface area contributed by atoms with Gasteiger partial charge in [0.2, 0.25) is 0 Å². The Morgan fingerprint density at radius 3 is 3.18 bits per heavy atom. The Morgan fingerprint density at radius 2 is 2.47 bits per heavy atom. The zero-order chi connectivity index (χ0) is 12.1. The van der Waals surface area contributed by atoms with E-state index in [9.17, 15) is 0 Å². The molecule has 17 heavy (non-hydrogen) atoms. The molecule has 0 saturated carbocycles. The lowest BCUT2D eigenvalue weighted by molar-refractivity contribution is 0.101. The Kier molecular flexibility index (Phi) is 4.34. The standard InChI is InChI=1S/C13H20N2O2/c1-16-12-7-10(8-15-9-12)13(14)5-4-11-3-2-6-17-11/h7-9,11,13H,2-6,14H2,1H3. The molecule has 0 amide bonds. The first-order valence-corrected chi connectivity index (χ1v) is 6.15. The highest BCUT2D eigenvalue weighted by atomic mass is 16.5. The van der Waals surface area contributed by atoms with E-state index in [1.807, 2.05) is 12.3 Å². The van der Waals surface area contributed by atoms with Gasteiger partial charge in [-0.15, -0.1) is 0 Å². The van der Waals surface area contributed by atoms with Gasteiger partial charge in [-0.1, -0.05) is 0 Å². The fraction of sp³-hybridized carbons (Fsp3) is 0.615. The van der Waals surface area contributed by atoms with Crippen molar-refractivity contribution >= 4 is 0 Å². The maximum absolute atomic E-state index is 6.15. The van der Waals surface area contributed by atoms with Crippen molar-refractivity contribution in [2.45, 2.75) is 37.8 Å². The van der Waals surface area contributed by atoms with Gasteiger partial charge < -0.3 is 15.2 Å². The van der Waals surface area contributed by atoms with E-state index < -0.39 is 0 Å². The van der Waals surface area contributed by atoms with Crippen LogP contribution in [-0.2, 0) is 4.74 Å². The molecule has 4 nitrogen and oxygen atoms in total. The van der Waals surface area contributed by atoms with Gasteiger partial charge in [-0.05, 0) is 37.3 Å². The average Bonchev–Trinajstić information content (AvgIpc) is 2.89. The minimum atomic E-state index is 0.0156. The summed E-state index contributed by atoms with van der Waals surface area (Å²) in [6.07, 6.45) is 8.21. The van der Waals surface area contributed by atoms with E-state index in [4.69, 9.17) is 15.2 Å². The van der Waals surface area contributed by atoms with Crippen molar-refractivity contribution in [3.63, 3.8) is 0 Å². The summed E-state index contributed by atoms with van der Waals surface area (Å²) in [7, 11) is 1.64. The molecule has 0 radical (unpaired) electrons. The molecule has 0 spiro atoms. The minimum Gasteiger partial charge on any atom is -0.495 e. The first kappa shape index (κ1) is 12.3. The average molecular weight is 236 g/mol. The number of nitrogens with zero attached hydrogens (tertiary/aromatic N) is 1. The monoisotopic (exact) mass is 236 g/mol. The normalized spacial score (nSPS) is 21.4. The van der Waals surface area contributed by atoms with E-state index in [0.717, 1.165) is 30.8 Å². The second kappa shape index (κ2) is 5.98. The lowest BCUT2D eigenvalue weighted by atomic mass is 10.0. The second-order valence-corrected chi connectivity index (χ2v) is 4.48. The lowest BCUT2D eigenvalue weighted by Crippen LogP contribution is -2.14. The van der Waals surface area contributed by atoms with Crippen LogP contribution in [0.4, 0.5) is 0 Å². The van der Waals surface area contributed by atoms with Crippen molar-refractivity contribution in [1.29, 1.82) is 0 Å². The number of hydrogen-bond donors (Lipinski definition) is 1. The highest BCUT2D eigenvalue weighted by Crippen LogP contribution is 2.23. The quantitative estimate of drug-likeness (QED) is 0.850. The molecule has 1 aliphatic rings. The summed E-state index contributed by atoms with van der Waals surface area (Å²) in [6.45, 7) is 0.903. The first-order valence-electron chi connectivity index (χ1n) is 6.15. The molecule has 1 saturated heterocycles. The number of aromatic nitrogens is 1. The summed E-state index contributed by atoms with van der Waals surface area (Å²) in [5.41, 5.74) is 7.18. The number of ether oxygens (including phenoxy) is 2. The zero-order valence-corrected chi connectivity index (χ0v) is 10.3. The van der Waals surface area contributed by atoms with Crippen LogP contribution in [0, 0.1) is 0 Å². The van der Waals surface area contributed by atoms with Gasteiger partial charge in [0.1, 0.15) is 5.75 Å². The third-order valence-corrected chi connectivity index (χ3v) is 3.22. The fourth-order valence-electron chi connectivity index (χ4n) is 2.15. The smallest absolute Gasteiger partial charge is 0.137 e. The van der Waals surface area contributed by atoms with Gasteiger partial charge >= 0.3 is 0 Å². The minimum absolute atomic E-state index is 0.0156. The van der Waals surface area contributed by atoms with Crippen LogP contribution in [0.1, 0.15) is 37.3 Å². The molecule has 2 heterocycles. The van der Waals surface area contributed by atoms with Gasteiger partial charge in [0.25, 0.3) is 0 Å². The molecule has 1 aromatic rings. The van der Waals surface area contributed by atoms with Gasteiger partial charge in [-0.3, -0.25) is 4.98 Å². The number of hydrogen-bond acceptors (Lipinski definition) is 4. The van der Waals surface area contributed by atoms with E-state index in [0.29, 0.717) is 6.10 Å². The summed E-state index contributed by atoms with van der Waals surface area (Å²) >= 11 is 0. The molecule has 1 fully saturated rings. The molecule has 1 aromatic heterocycles. The van der Waals surface area contributed by atoms with Crippen LogP contribution in [0.3, 0.4) is 0 Å². The summed E-state index contributed by atoms with van der Waals surface area (Å²) in [6, 6.07) is 1.97. The molecule has 4 heteroatoms. The molecule has 2 atom stereocenters. The van der Waals surface area contributed by atoms with Crippen molar-refractivity contribution in [1.82, 2.24) is 4.98 Å². The largest absolute Gasteiger partial charge is 0.495 e. The maximum Gasteiger partial charge on any atom is 0.137 e. The van der Waals surface area contributed by atoms with Crippen molar-refractivity contribution in [2.24, 2.45) is 5.73 Å². The molecule has 2 rings (SSSR count). The van der Waals surface area contributed by atoms with Crippen molar-refractivity contribution in [3.05, 3.63) is 24.0 Å². The van der Waals surface area contributed by atoms with Gasteiger partial charge in [-0.2, -0.15) is 0 Å².